The van der Waals surface area contributed by atoms with Crippen LogP contribution in [-0.2, 0) is 4.79 Å². The summed E-state index contributed by atoms with van der Waals surface area (Å²) in [6, 6.07) is 4.76. The van der Waals surface area contributed by atoms with E-state index in [1.54, 1.807) is 18.2 Å². The Morgan fingerprint density at radius 1 is 1.40 bits per heavy atom. The summed E-state index contributed by atoms with van der Waals surface area (Å²) in [5.41, 5.74) is 1.49. The standard InChI is InChI=1S/C14H19ClN2O3/c1-3-4-10(13(18)19)8-16-14(20)17-12-7-11(15)6-5-9(12)2/h5-7,10H,3-4,8H2,1-2H3,(H,18,19)(H2,16,17,20). The van der Waals surface area contributed by atoms with Crippen molar-refractivity contribution in [3.05, 3.63) is 28.8 Å². The number of hydrogen-bond acceptors (Lipinski definition) is 2. The molecule has 0 bridgehead atoms. The zero-order valence-electron chi connectivity index (χ0n) is 11.6. The summed E-state index contributed by atoms with van der Waals surface area (Å²) in [4.78, 5) is 22.7. The van der Waals surface area contributed by atoms with Crippen LogP contribution in [0.3, 0.4) is 0 Å². The van der Waals surface area contributed by atoms with Crippen molar-refractivity contribution in [1.29, 1.82) is 0 Å². The van der Waals surface area contributed by atoms with E-state index < -0.39 is 17.9 Å². The van der Waals surface area contributed by atoms with Gasteiger partial charge in [0.25, 0.3) is 0 Å². The minimum absolute atomic E-state index is 0.106. The Hall–Kier alpha value is -1.75. The van der Waals surface area contributed by atoms with Gasteiger partial charge in [-0.25, -0.2) is 4.79 Å². The first-order chi connectivity index (χ1) is 9.43. The number of nitrogens with one attached hydrogen (secondary N) is 2. The predicted molar refractivity (Wildman–Crippen MR) is 79.2 cm³/mol. The lowest BCUT2D eigenvalue weighted by Gasteiger charge is -2.14. The monoisotopic (exact) mass is 298 g/mol. The molecule has 2 amide bonds. The van der Waals surface area contributed by atoms with Gasteiger partial charge >= 0.3 is 12.0 Å². The summed E-state index contributed by atoms with van der Waals surface area (Å²) < 4.78 is 0. The van der Waals surface area contributed by atoms with Crippen LogP contribution in [-0.4, -0.2) is 23.7 Å². The van der Waals surface area contributed by atoms with Gasteiger partial charge in [0.15, 0.2) is 0 Å². The van der Waals surface area contributed by atoms with Gasteiger partial charge in [0.05, 0.1) is 5.92 Å². The molecule has 0 heterocycles. The van der Waals surface area contributed by atoms with Gasteiger partial charge in [-0.2, -0.15) is 0 Å². The quantitative estimate of drug-likeness (QED) is 0.754. The Labute approximate surface area is 123 Å². The number of amides is 2. The topological polar surface area (TPSA) is 78.4 Å². The van der Waals surface area contributed by atoms with Crippen molar-refractivity contribution in [2.75, 3.05) is 11.9 Å². The normalized spacial score (nSPS) is 11.8. The van der Waals surface area contributed by atoms with E-state index in [4.69, 9.17) is 16.7 Å². The first-order valence-electron chi connectivity index (χ1n) is 6.47. The molecule has 3 N–H and O–H groups in total. The molecule has 1 unspecified atom stereocenters. The number of urea groups is 1. The third kappa shape index (κ3) is 5.09. The molecular weight excluding hydrogens is 280 g/mol. The maximum atomic E-state index is 11.7. The van der Waals surface area contributed by atoms with Crippen LogP contribution < -0.4 is 10.6 Å². The number of hydrogen-bond donors (Lipinski definition) is 3. The summed E-state index contributed by atoms with van der Waals surface area (Å²) in [6.07, 6.45) is 1.29. The van der Waals surface area contributed by atoms with E-state index in [2.05, 4.69) is 10.6 Å². The molecule has 1 atom stereocenters. The number of carboxylic acid groups (broad SMARTS) is 1. The van der Waals surface area contributed by atoms with Gasteiger partial charge < -0.3 is 15.7 Å². The molecule has 0 aliphatic rings. The molecular formula is C14H19ClN2O3. The fourth-order valence-electron chi connectivity index (χ4n) is 1.77. The van der Waals surface area contributed by atoms with E-state index in [0.717, 1.165) is 12.0 Å². The molecule has 1 rings (SSSR count). The fraction of sp³-hybridized carbons (Fsp3) is 0.429. The molecule has 1 aromatic carbocycles. The Balaban J connectivity index is 2.55. The van der Waals surface area contributed by atoms with Crippen LogP contribution in [0.5, 0.6) is 0 Å². The van der Waals surface area contributed by atoms with Crippen molar-refractivity contribution in [1.82, 2.24) is 5.32 Å². The second kappa shape index (κ2) is 7.75. The van der Waals surface area contributed by atoms with E-state index in [-0.39, 0.29) is 6.54 Å². The van der Waals surface area contributed by atoms with E-state index in [1.807, 2.05) is 13.8 Å². The molecule has 0 aliphatic heterocycles. The predicted octanol–water partition coefficient (Wildman–Crippen LogP) is 3.27. The Morgan fingerprint density at radius 3 is 2.70 bits per heavy atom. The number of carbonyl (C=O) groups excluding carboxylic acids is 1. The van der Waals surface area contributed by atoms with Gasteiger partial charge in [0.2, 0.25) is 0 Å². The average molecular weight is 299 g/mol. The summed E-state index contributed by atoms with van der Waals surface area (Å²) in [7, 11) is 0. The molecule has 0 aromatic heterocycles. The Kier molecular flexibility index (Phi) is 6.31. The summed E-state index contributed by atoms with van der Waals surface area (Å²) in [5.74, 6) is -1.46. The van der Waals surface area contributed by atoms with Crippen LogP contribution in [0.1, 0.15) is 25.3 Å². The van der Waals surface area contributed by atoms with Crippen LogP contribution in [0.25, 0.3) is 0 Å². The fourth-order valence-corrected chi connectivity index (χ4v) is 1.94. The lowest BCUT2D eigenvalue weighted by atomic mass is 10.0. The third-order valence-corrected chi connectivity index (χ3v) is 3.18. The summed E-state index contributed by atoms with van der Waals surface area (Å²) >= 11 is 5.86. The molecule has 20 heavy (non-hydrogen) atoms. The molecule has 0 aliphatic carbocycles. The number of carboxylic acids is 1. The lowest BCUT2D eigenvalue weighted by molar-refractivity contribution is -0.141. The second-order valence-electron chi connectivity index (χ2n) is 4.62. The number of aliphatic carboxylic acids is 1. The summed E-state index contributed by atoms with van der Waals surface area (Å²) in [6.45, 7) is 3.86. The zero-order chi connectivity index (χ0) is 15.1. The number of halogens is 1. The number of benzene rings is 1. The average Bonchev–Trinajstić information content (AvgIpc) is 2.38. The van der Waals surface area contributed by atoms with Gasteiger partial charge in [0, 0.05) is 17.3 Å². The lowest BCUT2D eigenvalue weighted by Crippen LogP contribution is -2.35. The summed E-state index contributed by atoms with van der Waals surface area (Å²) in [5, 5.41) is 14.8. The van der Waals surface area contributed by atoms with Crippen LogP contribution in [0.2, 0.25) is 5.02 Å². The van der Waals surface area contributed by atoms with Crippen molar-refractivity contribution in [3.63, 3.8) is 0 Å². The van der Waals surface area contributed by atoms with E-state index >= 15 is 0 Å². The maximum Gasteiger partial charge on any atom is 0.319 e. The third-order valence-electron chi connectivity index (χ3n) is 2.94. The van der Waals surface area contributed by atoms with E-state index in [0.29, 0.717) is 17.1 Å². The van der Waals surface area contributed by atoms with Crippen molar-refractivity contribution in [3.8, 4) is 0 Å². The molecule has 110 valence electrons. The van der Waals surface area contributed by atoms with Gasteiger partial charge in [0.1, 0.15) is 0 Å². The van der Waals surface area contributed by atoms with Crippen LogP contribution in [0.4, 0.5) is 10.5 Å². The van der Waals surface area contributed by atoms with Crippen molar-refractivity contribution in [2.24, 2.45) is 5.92 Å². The van der Waals surface area contributed by atoms with Gasteiger partial charge in [-0.15, -0.1) is 0 Å². The van der Waals surface area contributed by atoms with E-state index in [1.165, 1.54) is 0 Å². The Morgan fingerprint density at radius 2 is 2.10 bits per heavy atom. The minimum Gasteiger partial charge on any atom is -0.481 e. The number of carbonyl (C=O) groups is 2. The number of rotatable bonds is 6. The number of aryl methyl sites for hydroxylation is 1. The zero-order valence-corrected chi connectivity index (χ0v) is 12.3. The largest absolute Gasteiger partial charge is 0.481 e. The minimum atomic E-state index is -0.897. The van der Waals surface area contributed by atoms with Crippen LogP contribution in [0.15, 0.2) is 18.2 Å². The molecule has 0 fully saturated rings. The molecule has 6 heteroatoms. The molecule has 1 aromatic rings. The highest BCUT2D eigenvalue weighted by molar-refractivity contribution is 6.31. The van der Waals surface area contributed by atoms with Crippen molar-refractivity contribution < 1.29 is 14.7 Å². The highest BCUT2D eigenvalue weighted by Crippen LogP contribution is 2.19. The van der Waals surface area contributed by atoms with Crippen LogP contribution >= 0.6 is 11.6 Å². The molecule has 0 spiro atoms. The number of anilines is 1. The molecule has 0 saturated heterocycles. The second-order valence-corrected chi connectivity index (χ2v) is 5.05. The highest BCUT2D eigenvalue weighted by Gasteiger charge is 2.17. The molecule has 5 nitrogen and oxygen atoms in total. The van der Waals surface area contributed by atoms with Crippen molar-refractivity contribution >= 4 is 29.3 Å². The SMILES string of the molecule is CCCC(CNC(=O)Nc1cc(Cl)ccc1C)C(=O)O. The van der Waals surface area contributed by atoms with Gasteiger partial charge in [-0.1, -0.05) is 31.0 Å². The van der Waals surface area contributed by atoms with Gasteiger partial charge in [-0.05, 0) is 31.0 Å². The maximum absolute atomic E-state index is 11.7. The van der Waals surface area contributed by atoms with Gasteiger partial charge in [-0.3, -0.25) is 4.79 Å². The Bertz CT molecular complexity index is 491. The van der Waals surface area contributed by atoms with Crippen molar-refractivity contribution in [2.45, 2.75) is 26.7 Å². The molecule has 0 radical (unpaired) electrons. The molecule has 0 saturated carbocycles. The highest BCUT2D eigenvalue weighted by atomic mass is 35.5. The first kappa shape index (κ1) is 16.3. The van der Waals surface area contributed by atoms with Crippen LogP contribution in [0, 0.1) is 12.8 Å². The van der Waals surface area contributed by atoms with E-state index in [9.17, 15) is 9.59 Å². The first-order valence-corrected chi connectivity index (χ1v) is 6.85. The smallest absolute Gasteiger partial charge is 0.319 e.